The van der Waals surface area contributed by atoms with Crippen molar-refractivity contribution in [2.45, 2.75) is 13.8 Å². The number of aliphatic imine (C=N–C) groups is 1. The first kappa shape index (κ1) is 18.5. The molecule has 26 heavy (non-hydrogen) atoms. The third kappa shape index (κ3) is 3.94. The summed E-state index contributed by atoms with van der Waals surface area (Å²) in [5.41, 5.74) is 1.53. The molecule has 1 aliphatic heterocycles. The monoisotopic (exact) mass is 386 g/mol. The molecule has 0 atom stereocenters. The van der Waals surface area contributed by atoms with E-state index >= 15 is 0 Å². The molecule has 6 heteroatoms. The summed E-state index contributed by atoms with van der Waals surface area (Å²) in [6, 6.07) is 15.0. The Morgan fingerprint density at radius 3 is 2.62 bits per heavy atom. The molecule has 0 spiro atoms. The van der Waals surface area contributed by atoms with E-state index in [1.54, 1.807) is 11.0 Å². The normalized spacial score (nSPS) is 17.3. The zero-order chi connectivity index (χ0) is 18.5. The summed E-state index contributed by atoms with van der Waals surface area (Å²) in [5, 5.41) is 1.19. The number of hydrogen-bond acceptors (Lipinski definition) is 4. The molecule has 0 N–H and O–H groups in total. The molecule has 2 aromatic rings. The third-order valence-corrected chi connectivity index (χ3v) is 5.10. The first-order valence-corrected chi connectivity index (χ1v) is 9.60. The van der Waals surface area contributed by atoms with Crippen LogP contribution in [-0.4, -0.2) is 29.1 Å². The van der Waals surface area contributed by atoms with Crippen molar-refractivity contribution in [1.29, 1.82) is 0 Å². The fourth-order valence-electron chi connectivity index (χ4n) is 2.54. The van der Waals surface area contributed by atoms with Gasteiger partial charge < -0.3 is 4.74 Å². The van der Waals surface area contributed by atoms with Crippen molar-refractivity contribution in [3.05, 3.63) is 64.0 Å². The molecule has 1 amide bonds. The second-order valence-electron chi connectivity index (χ2n) is 5.48. The summed E-state index contributed by atoms with van der Waals surface area (Å²) in [7, 11) is 0. The molecular formula is C20H19ClN2O2S. The van der Waals surface area contributed by atoms with Crippen LogP contribution in [0, 0.1) is 0 Å². The minimum Gasteiger partial charge on any atom is -0.493 e. The van der Waals surface area contributed by atoms with Crippen LogP contribution in [0.5, 0.6) is 5.75 Å². The molecule has 1 heterocycles. The fourth-order valence-corrected chi connectivity index (χ4v) is 3.77. The van der Waals surface area contributed by atoms with Gasteiger partial charge in [0, 0.05) is 12.1 Å². The van der Waals surface area contributed by atoms with Crippen LogP contribution in [0.3, 0.4) is 0 Å². The van der Waals surface area contributed by atoms with Gasteiger partial charge in [-0.3, -0.25) is 9.69 Å². The Labute approximate surface area is 162 Å². The number of amidine groups is 1. The van der Waals surface area contributed by atoms with E-state index in [4.69, 9.17) is 16.3 Å². The molecule has 4 nitrogen and oxygen atoms in total. The maximum atomic E-state index is 12.8. The van der Waals surface area contributed by atoms with Gasteiger partial charge in [-0.1, -0.05) is 41.9 Å². The number of rotatable bonds is 5. The maximum Gasteiger partial charge on any atom is 0.266 e. The number of likely N-dealkylation sites (N-methyl/N-ethyl adjacent to an activating group) is 1. The van der Waals surface area contributed by atoms with E-state index in [-0.39, 0.29) is 5.91 Å². The van der Waals surface area contributed by atoms with Crippen molar-refractivity contribution in [3.8, 4) is 5.75 Å². The Bertz CT molecular complexity index is 880. The molecule has 0 bridgehead atoms. The SMILES string of the molecule is CCOc1ccccc1/C=C1/SC(=Nc2ccccc2Cl)N(CC)C1=O. The predicted molar refractivity (Wildman–Crippen MR) is 109 cm³/mol. The van der Waals surface area contributed by atoms with Crippen LogP contribution < -0.4 is 4.74 Å². The van der Waals surface area contributed by atoms with Crippen molar-refractivity contribution in [2.24, 2.45) is 4.99 Å². The summed E-state index contributed by atoms with van der Waals surface area (Å²) in [6.45, 7) is 4.98. The molecule has 1 fully saturated rings. The first-order valence-electron chi connectivity index (χ1n) is 8.40. The number of nitrogens with zero attached hydrogens (tertiary/aromatic N) is 2. The van der Waals surface area contributed by atoms with Crippen molar-refractivity contribution in [1.82, 2.24) is 4.90 Å². The lowest BCUT2D eigenvalue weighted by Gasteiger charge is -2.12. The van der Waals surface area contributed by atoms with E-state index in [1.807, 2.05) is 62.4 Å². The summed E-state index contributed by atoms with van der Waals surface area (Å²) in [6.07, 6.45) is 1.86. The molecule has 0 saturated carbocycles. The molecule has 0 aliphatic carbocycles. The first-order chi connectivity index (χ1) is 12.6. The largest absolute Gasteiger partial charge is 0.493 e. The summed E-state index contributed by atoms with van der Waals surface area (Å²) < 4.78 is 5.65. The van der Waals surface area contributed by atoms with Crippen LogP contribution in [0.25, 0.3) is 6.08 Å². The van der Waals surface area contributed by atoms with Crippen molar-refractivity contribution < 1.29 is 9.53 Å². The van der Waals surface area contributed by atoms with Gasteiger partial charge in [-0.2, -0.15) is 0 Å². The number of carbonyl (C=O) groups excluding carboxylic acids is 1. The Balaban J connectivity index is 1.96. The van der Waals surface area contributed by atoms with Crippen molar-refractivity contribution in [2.75, 3.05) is 13.2 Å². The quantitative estimate of drug-likeness (QED) is 0.649. The van der Waals surface area contributed by atoms with Gasteiger partial charge in [0.1, 0.15) is 5.75 Å². The van der Waals surface area contributed by atoms with Crippen LogP contribution in [0.15, 0.2) is 58.4 Å². The van der Waals surface area contributed by atoms with Gasteiger partial charge in [0.05, 0.1) is 22.2 Å². The number of para-hydroxylation sites is 2. The summed E-state index contributed by atoms with van der Waals surface area (Å²) in [5.74, 6) is 0.699. The van der Waals surface area contributed by atoms with E-state index in [2.05, 4.69) is 4.99 Å². The highest BCUT2D eigenvalue weighted by atomic mass is 35.5. The van der Waals surface area contributed by atoms with Gasteiger partial charge in [-0.25, -0.2) is 4.99 Å². The predicted octanol–water partition coefficient (Wildman–Crippen LogP) is 5.36. The topological polar surface area (TPSA) is 41.9 Å². The Morgan fingerprint density at radius 1 is 1.15 bits per heavy atom. The second kappa shape index (κ2) is 8.43. The number of amides is 1. The lowest BCUT2D eigenvalue weighted by atomic mass is 10.2. The maximum absolute atomic E-state index is 12.8. The minimum atomic E-state index is -0.0606. The van der Waals surface area contributed by atoms with Crippen LogP contribution in [0.1, 0.15) is 19.4 Å². The molecule has 3 rings (SSSR count). The number of carbonyl (C=O) groups is 1. The number of hydrogen-bond donors (Lipinski definition) is 0. The molecule has 134 valence electrons. The smallest absolute Gasteiger partial charge is 0.266 e. The highest BCUT2D eigenvalue weighted by Gasteiger charge is 2.32. The Morgan fingerprint density at radius 2 is 1.88 bits per heavy atom. The zero-order valence-electron chi connectivity index (χ0n) is 14.6. The van der Waals surface area contributed by atoms with E-state index in [1.165, 1.54) is 11.8 Å². The van der Waals surface area contributed by atoms with Gasteiger partial charge in [-0.05, 0) is 49.9 Å². The van der Waals surface area contributed by atoms with Crippen LogP contribution in [-0.2, 0) is 4.79 Å². The fraction of sp³-hybridized carbons (Fsp3) is 0.200. The Kier molecular flexibility index (Phi) is 6.01. The van der Waals surface area contributed by atoms with Crippen molar-refractivity contribution in [3.63, 3.8) is 0 Å². The zero-order valence-corrected chi connectivity index (χ0v) is 16.2. The van der Waals surface area contributed by atoms with Gasteiger partial charge >= 0.3 is 0 Å². The molecule has 2 aromatic carbocycles. The molecule has 1 saturated heterocycles. The number of halogens is 1. The Hall–Kier alpha value is -2.24. The van der Waals surface area contributed by atoms with Crippen LogP contribution >= 0.6 is 23.4 Å². The molecule has 0 aromatic heterocycles. The van der Waals surface area contributed by atoms with E-state index < -0.39 is 0 Å². The number of benzene rings is 2. The van der Waals surface area contributed by atoms with Gasteiger partial charge in [-0.15, -0.1) is 0 Å². The lowest BCUT2D eigenvalue weighted by molar-refractivity contribution is -0.122. The van der Waals surface area contributed by atoms with E-state index in [0.29, 0.717) is 33.9 Å². The second-order valence-corrected chi connectivity index (χ2v) is 6.89. The van der Waals surface area contributed by atoms with E-state index in [9.17, 15) is 4.79 Å². The van der Waals surface area contributed by atoms with Crippen molar-refractivity contribution >= 4 is 46.2 Å². The summed E-state index contributed by atoms with van der Waals surface area (Å²) in [4.78, 5) is 19.6. The third-order valence-electron chi connectivity index (χ3n) is 3.78. The average Bonchev–Trinajstić information content (AvgIpc) is 2.93. The standard InChI is InChI=1S/C20H19ClN2O2S/c1-3-23-19(24)18(13-14-9-5-8-12-17(14)25-4-2)26-20(23)22-16-11-7-6-10-15(16)21/h5-13H,3-4H2,1-2H3/b18-13+,22-20?. The van der Waals surface area contributed by atoms with Crippen LogP contribution in [0.4, 0.5) is 5.69 Å². The van der Waals surface area contributed by atoms with Gasteiger partial charge in [0.15, 0.2) is 5.17 Å². The van der Waals surface area contributed by atoms with Crippen LogP contribution in [0.2, 0.25) is 5.02 Å². The molecule has 1 aliphatic rings. The summed E-state index contributed by atoms with van der Waals surface area (Å²) >= 11 is 7.55. The minimum absolute atomic E-state index is 0.0606. The molecule has 0 radical (unpaired) electrons. The van der Waals surface area contributed by atoms with E-state index in [0.717, 1.165) is 11.3 Å². The van der Waals surface area contributed by atoms with Gasteiger partial charge in [0.2, 0.25) is 0 Å². The highest BCUT2D eigenvalue weighted by Crippen LogP contribution is 2.36. The number of thioether (sulfide) groups is 1. The van der Waals surface area contributed by atoms with Gasteiger partial charge in [0.25, 0.3) is 5.91 Å². The molecular weight excluding hydrogens is 368 g/mol. The highest BCUT2D eigenvalue weighted by molar-refractivity contribution is 8.18. The molecule has 0 unspecified atom stereocenters. The number of ether oxygens (including phenoxy) is 1. The average molecular weight is 387 g/mol. The lowest BCUT2D eigenvalue weighted by Crippen LogP contribution is -2.28.